The second-order valence-corrected chi connectivity index (χ2v) is 6.98. The van der Waals surface area contributed by atoms with E-state index in [2.05, 4.69) is 29.5 Å². The number of nitrogens with one attached hydrogen (secondary N) is 2. The van der Waals surface area contributed by atoms with Gasteiger partial charge in [-0.15, -0.1) is 0 Å². The predicted molar refractivity (Wildman–Crippen MR) is 89.1 cm³/mol. The highest BCUT2D eigenvalue weighted by Crippen LogP contribution is 2.45. The summed E-state index contributed by atoms with van der Waals surface area (Å²) in [5, 5.41) is 6.25. The molecule has 1 atom stereocenters. The Labute approximate surface area is 135 Å². The highest BCUT2D eigenvalue weighted by Gasteiger charge is 2.44. The topological polar surface area (TPSA) is 53.6 Å². The Kier molecular flexibility index (Phi) is 6.96. The number of urea groups is 1. The van der Waals surface area contributed by atoms with Crippen LogP contribution < -0.4 is 10.6 Å². The molecule has 2 rings (SSSR count). The SMILES string of the molecule is CCCCN(C)CCNC(=O)NC1CCCC12CCOCC2. The Morgan fingerprint density at radius 2 is 2.05 bits per heavy atom. The number of hydrogen-bond acceptors (Lipinski definition) is 3. The van der Waals surface area contributed by atoms with E-state index in [4.69, 9.17) is 4.74 Å². The third-order valence-electron chi connectivity index (χ3n) is 5.37. The summed E-state index contributed by atoms with van der Waals surface area (Å²) in [6.45, 7) is 6.63. The van der Waals surface area contributed by atoms with Gasteiger partial charge in [-0.2, -0.15) is 0 Å². The number of ether oxygens (including phenoxy) is 1. The number of rotatable bonds is 7. The summed E-state index contributed by atoms with van der Waals surface area (Å²) < 4.78 is 5.50. The van der Waals surface area contributed by atoms with E-state index in [1.54, 1.807) is 0 Å². The Morgan fingerprint density at radius 1 is 1.27 bits per heavy atom. The molecule has 0 bridgehead atoms. The molecule has 1 aliphatic heterocycles. The zero-order valence-electron chi connectivity index (χ0n) is 14.3. The van der Waals surface area contributed by atoms with Gasteiger partial charge in [0.05, 0.1) is 0 Å². The van der Waals surface area contributed by atoms with Gasteiger partial charge in [0.2, 0.25) is 0 Å². The second-order valence-electron chi connectivity index (χ2n) is 6.98. The van der Waals surface area contributed by atoms with Crippen molar-refractivity contribution in [2.45, 2.75) is 57.9 Å². The predicted octanol–water partition coefficient (Wildman–Crippen LogP) is 2.37. The normalized spacial score (nSPS) is 23.9. The van der Waals surface area contributed by atoms with Gasteiger partial charge in [0.25, 0.3) is 0 Å². The molecule has 22 heavy (non-hydrogen) atoms. The molecule has 1 spiro atoms. The van der Waals surface area contributed by atoms with Crippen LogP contribution in [0.3, 0.4) is 0 Å². The lowest BCUT2D eigenvalue weighted by molar-refractivity contribution is 0.00624. The molecule has 128 valence electrons. The molecular formula is C17H33N3O2. The highest BCUT2D eigenvalue weighted by atomic mass is 16.5. The first-order chi connectivity index (χ1) is 10.7. The molecule has 0 radical (unpaired) electrons. The number of likely N-dealkylation sites (N-methyl/N-ethyl adjacent to an activating group) is 1. The van der Waals surface area contributed by atoms with Crippen molar-refractivity contribution in [2.24, 2.45) is 5.41 Å². The molecule has 2 fully saturated rings. The Morgan fingerprint density at radius 3 is 2.77 bits per heavy atom. The summed E-state index contributed by atoms with van der Waals surface area (Å²) >= 11 is 0. The van der Waals surface area contributed by atoms with Crippen LogP contribution in [0.4, 0.5) is 4.79 Å². The smallest absolute Gasteiger partial charge is 0.315 e. The fraction of sp³-hybridized carbons (Fsp3) is 0.941. The van der Waals surface area contributed by atoms with E-state index in [1.807, 2.05) is 0 Å². The van der Waals surface area contributed by atoms with Crippen LogP contribution in [-0.2, 0) is 4.74 Å². The molecule has 0 aromatic carbocycles. The molecule has 1 saturated heterocycles. The van der Waals surface area contributed by atoms with E-state index < -0.39 is 0 Å². The van der Waals surface area contributed by atoms with Crippen molar-refractivity contribution in [1.82, 2.24) is 15.5 Å². The van der Waals surface area contributed by atoms with Crippen LogP contribution in [0, 0.1) is 5.41 Å². The molecule has 1 aliphatic carbocycles. The van der Waals surface area contributed by atoms with Crippen molar-refractivity contribution in [2.75, 3.05) is 39.9 Å². The Balaban J connectivity index is 1.68. The van der Waals surface area contributed by atoms with Crippen molar-refractivity contribution in [3.8, 4) is 0 Å². The number of nitrogens with zero attached hydrogens (tertiary/aromatic N) is 1. The van der Waals surface area contributed by atoms with Crippen molar-refractivity contribution in [1.29, 1.82) is 0 Å². The molecule has 2 amide bonds. The Bertz CT molecular complexity index is 343. The first-order valence-electron chi connectivity index (χ1n) is 8.97. The molecule has 0 aromatic heterocycles. The molecular weight excluding hydrogens is 278 g/mol. The number of unbranched alkanes of at least 4 members (excludes halogenated alkanes) is 1. The standard InChI is InChI=1S/C17H33N3O2/c1-3-4-11-20(2)12-10-18-16(21)19-15-6-5-7-17(15)8-13-22-14-9-17/h15H,3-14H2,1-2H3,(H2,18,19,21). The lowest BCUT2D eigenvalue weighted by atomic mass is 9.75. The zero-order valence-corrected chi connectivity index (χ0v) is 14.3. The number of carbonyl (C=O) groups excluding carboxylic acids is 1. The summed E-state index contributed by atoms with van der Waals surface area (Å²) in [6.07, 6.45) is 8.20. The zero-order chi connectivity index (χ0) is 15.8. The third kappa shape index (κ3) is 4.85. The molecule has 0 aromatic rings. The number of hydrogen-bond donors (Lipinski definition) is 2. The molecule has 1 saturated carbocycles. The van der Waals surface area contributed by atoms with Gasteiger partial charge in [-0.3, -0.25) is 0 Å². The van der Waals surface area contributed by atoms with Gasteiger partial charge in [0.15, 0.2) is 0 Å². The lowest BCUT2D eigenvalue weighted by Gasteiger charge is -2.39. The minimum atomic E-state index is 0.00154. The van der Waals surface area contributed by atoms with E-state index in [0.29, 0.717) is 11.5 Å². The summed E-state index contributed by atoms with van der Waals surface area (Å²) in [4.78, 5) is 14.4. The minimum Gasteiger partial charge on any atom is -0.381 e. The quantitative estimate of drug-likeness (QED) is 0.759. The van der Waals surface area contributed by atoms with E-state index >= 15 is 0 Å². The van der Waals surface area contributed by atoms with Crippen LogP contribution in [0.1, 0.15) is 51.9 Å². The van der Waals surface area contributed by atoms with Crippen LogP contribution in [0.5, 0.6) is 0 Å². The maximum atomic E-state index is 12.1. The monoisotopic (exact) mass is 311 g/mol. The van der Waals surface area contributed by atoms with Crippen LogP contribution in [0.25, 0.3) is 0 Å². The summed E-state index contributed by atoms with van der Waals surface area (Å²) in [5.74, 6) is 0. The van der Waals surface area contributed by atoms with Gasteiger partial charge in [-0.25, -0.2) is 4.79 Å². The average molecular weight is 311 g/mol. The largest absolute Gasteiger partial charge is 0.381 e. The van der Waals surface area contributed by atoms with Crippen LogP contribution in [0.15, 0.2) is 0 Å². The highest BCUT2D eigenvalue weighted by molar-refractivity contribution is 5.74. The van der Waals surface area contributed by atoms with Crippen LogP contribution >= 0.6 is 0 Å². The van der Waals surface area contributed by atoms with E-state index in [1.165, 1.54) is 25.7 Å². The fourth-order valence-corrected chi connectivity index (χ4v) is 3.85. The van der Waals surface area contributed by atoms with E-state index in [9.17, 15) is 4.79 Å². The minimum absolute atomic E-state index is 0.00154. The first kappa shape index (κ1) is 17.5. The summed E-state index contributed by atoms with van der Waals surface area (Å²) in [6, 6.07) is 0.330. The van der Waals surface area contributed by atoms with Crippen molar-refractivity contribution in [3.63, 3.8) is 0 Å². The van der Waals surface area contributed by atoms with Gasteiger partial charge in [-0.05, 0) is 51.1 Å². The molecule has 1 unspecified atom stereocenters. The molecule has 2 aliphatic rings. The molecule has 2 N–H and O–H groups in total. The molecule has 5 heteroatoms. The molecule has 5 nitrogen and oxygen atoms in total. The summed E-state index contributed by atoms with van der Waals surface area (Å²) in [5.41, 5.74) is 0.299. The average Bonchev–Trinajstić information content (AvgIpc) is 2.88. The van der Waals surface area contributed by atoms with Gasteiger partial charge in [0.1, 0.15) is 0 Å². The fourth-order valence-electron chi connectivity index (χ4n) is 3.85. The maximum Gasteiger partial charge on any atom is 0.315 e. The lowest BCUT2D eigenvalue weighted by Crippen LogP contribution is -2.50. The van der Waals surface area contributed by atoms with Crippen LogP contribution in [0.2, 0.25) is 0 Å². The Hall–Kier alpha value is -0.810. The van der Waals surface area contributed by atoms with Crippen molar-refractivity contribution >= 4 is 6.03 Å². The van der Waals surface area contributed by atoms with Gasteiger partial charge in [-0.1, -0.05) is 19.8 Å². The summed E-state index contributed by atoms with van der Waals surface area (Å²) in [7, 11) is 2.11. The maximum absolute atomic E-state index is 12.1. The number of carbonyl (C=O) groups is 1. The third-order valence-corrected chi connectivity index (χ3v) is 5.37. The van der Waals surface area contributed by atoms with Crippen molar-refractivity contribution in [3.05, 3.63) is 0 Å². The first-order valence-corrected chi connectivity index (χ1v) is 8.97. The van der Waals surface area contributed by atoms with Gasteiger partial charge >= 0.3 is 6.03 Å². The van der Waals surface area contributed by atoms with Gasteiger partial charge < -0.3 is 20.3 Å². The van der Waals surface area contributed by atoms with Crippen LogP contribution in [-0.4, -0.2) is 56.9 Å². The number of amides is 2. The van der Waals surface area contributed by atoms with Gasteiger partial charge in [0, 0.05) is 32.3 Å². The van der Waals surface area contributed by atoms with E-state index in [0.717, 1.165) is 52.1 Å². The molecule has 1 heterocycles. The second kappa shape index (κ2) is 8.73. The van der Waals surface area contributed by atoms with Crippen molar-refractivity contribution < 1.29 is 9.53 Å². The van der Waals surface area contributed by atoms with E-state index in [-0.39, 0.29) is 6.03 Å².